The minimum Gasteiger partial charge on any atom is -0.430 e. The molecule has 0 amide bonds. The van der Waals surface area contributed by atoms with Crippen LogP contribution in [0.1, 0.15) is 43.6 Å². The van der Waals surface area contributed by atoms with Crippen LogP contribution in [-0.2, 0) is 19.6 Å². The van der Waals surface area contributed by atoms with E-state index in [1.165, 1.54) is 18.2 Å². The summed E-state index contributed by atoms with van der Waals surface area (Å²) < 4.78 is 34.4. The predicted octanol–water partition coefficient (Wildman–Crippen LogP) is 6.06. The van der Waals surface area contributed by atoms with E-state index in [-0.39, 0.29) is 32.7 Å². The van der Waals surface area contributed by atoms with E-state index in [1.54, 1.807) is 24.3 Å². The maximum atomic E-state index is 13.2. The Kier molecular flexibility index (Phi) is 7.18. The van der Waals surface area contributed by atoms with Gasteiger partial charge in [0.2, 0.25) is 0 Å². The molecule has 0 spiro atoms. The average molecular weight is 548 g/mol. The molecule has 0 aromatic heterocycles. The molecule has 3 aliphatic rings. The average Bonchev–Trinajstić information content (AvgIpc) is 3.64. The number of aliphatic hydroxyl groups excluding tert-OH is 1. The Morgan fingerprint density at radius 3 is 2.67 bits per heavy atom. The van der Waals surface area contributed by atoms with Gasteiger partial charge in [0, 0.05) is 22.5 Å². The number of benzene rings is 2. The topological polar surface area (TPSA) is 92.7 Å². The molecule has 2 N–H and O–H groups in total. The van der Waals surface area contributed by atoms with Crippen LogP contribution in [0.3, 0.4) is 0 Å². The van der Waals surface area contributed by atoms with E-state index >= 15 is 0 Å². The lowest BCUT2D eigenvalue weighted by Gasteiger charge is -2.39. The number of hydrogen-bond donors (Lipinski definition) is 2. The number of allylic oxidation sites excluding steroid dienone is 3. The quantitative estimate of drug-likeness (QED) is 0.428. The molecule has 0 bridgehead atoms. The molecule has 190 valence electrons. The van der Waals surface area contributed by atoms with Crippen LogP contribution in [0.15, 0.2) is 71.3 Å². The highest BCUT2D eigenvalue weighted by Gasteiger charge is 2.50. The first kappa shape index (κ1) is 25.3. The molecule has 2 aromatic carbocycles. The first-order chi connectivity index (χ1) is 17.2. The molecule has 2 aliphatic carbocycles. The van der Waals surface area contributed by atoms with Crippen LogP contribution in [0.25, 0.3) is 0 Å². The van der Waals surface area contributed by atoms with Gasteiger partial charge in [0.15, 0.2) is 0 Å². The number of anilines is 1. The predicted molar refractivity (Wildman–Crippen MR) is 139 cm³/mol. The molecular weight excluding hydrogens is 521 g/mol. The lowest BCUT2D eigenvalue weighted by molar-refractivity contribution is -0.160. The van der Waals surface area contributed by atoms with Gasteiger partial charge in [0.25, 0.3) is 10.0 Å². The maximum Gasteiger partial charge on any atom is 0.317 e. The molecule has 6 nitrogen and oxygen atoms in total. The van der Waals surface area contributed by atoms with E-state index in [1.807, 2.05) is 18.2 Å². The summed E-state index contributed by atoms with van der Waals surface area (Å²) in [6, 6.07) is 11.2. The summed E-state index contributed by atoms with van der Waals surface area (Å²) in [6.45, 7) is 0. The molecule has 0 radical (unpaired) electrons. The van der Waals surface area contributed by atoms with E-state index < -0.39 is 28.0 Å². The van der Waals surface area contributed by atoms with Gasteiger partial charge in [-0.1, -0.05) is 47.5 Å². The summed E-state index contributed by atoms with van der Waals surface area (Å²) >= 11 is 12.1. The van der Waals surface area contributed by atoms with Gasteiger partial charge >= 0.3 is 5.97 Å². The van der Waals surface area contributed by atoms with E-state index in [2.05, 4.69) is 4.72 Å². The highest BCUT2D eigenvalue weighted by atomic mass is 35.5. The molecule has 4 unspecified atom stereocenters. The number of aliphatic hydroxyl groups is 1. The second-order valence-electron chi connectivity index (χ2n) is 9.64. The van der Waals surface area contributed by atoms with Crippen molar-refractivity contribution in [1.82, 2.24) is 0 Å². The van der Waals surface area contributed by atoms with Gasteiger partial charge in [-0.2, -0.15) is 0 Å². The summed E-state index contributed by atoms with van der Waals surface area (Å²) in [5.41, 5.74) is 1.12. The van der Waals surface area contributed by atoms with E-state index in [9.17, 15) is 18.3 Å². The molecule has 5 rings (SSSR count). The molecule has 9 heteroatoms. The summed E-state index contributed by atoms with van der Waals surface area (Å²) in [5.74, 6) is -0.954. The number of carbonyl (C=O) groups excluding carboxylic acids is 1. The van der Waals surface area contributed by atoms with Crippen molar-refractivity contribution in [2.75, 3.05) is 4.72 Å². The van der Waals surface area contributed by atoms with Gasteiger partial charge in [0.1, 0.15) is 10.7 Å². The number of carbonyl (C=O) groups is 1. The fraction of sp³-hybridized carbons (Fsp3) is 0.370. The van der Waals surface area contributed by atoms with Crippen molar-refractivity contribution in [1.29, 1.82) is 0 Å². The van der Waals surface area contributed by atoms with Crippen LogP contribution in [0, 0.1) is 17.8 Å². The molecule has 2 fully saturated rings. The smallest absolute Gasteiger partial charge is 0.317 e. The molecule has 36 heavy (non-hydrogen) atoms. The summed E-state index contributed by atoms with van der Waals surface area (Å²) in [7, 11) is -4.00. The lowest BCUT2D eigenvalue weighted by atomic mass is 9.72. The Morgan fingerprint density at radius 2 is 1.89 bits per heavy atom. The zero-order chi connectivity index (χ0) is 25.4. The van der Waals surface area contributed by atoms with E-state index in [0.29, 0.717) is 11.4 Å². The third kappa shape index (κ3) is 5.21. The van der Waals surface area contributed by atoms with Crippen molar-refractivity contribution < 1.29 is 23.1 Å². The monoisotopic (exact) mass is 547 g/mol. The fourth-order valence-corrected chi connectivity index (χ4v) is 7.11. The number of hydrogen-bond acceptors (Lipinski definition) is 5. The highest BCUT2D eigenvalue weighted by molar-refractivity contribution is 7.92. The second kappa shape index (κ2) is 10.2. The third-order valence-corrected chi connectivity index (χ3v) is 9.24. The minimum atomic E-state index is -4.00. The van der Waals surface area contributed by atoms with Crippen LogP contribution in [0.4, 0.5) is 5.69 Å². The number of fused-ring (bicyclic) bond motifs is 1. The van der Waals surface area contributed by atoms with Gasteiger partial charge in [-0.25, -0.2) is 8.42 Å². The van der Waals surface area contributed by atoms with Gasteiger partial charge in [0.05, 0.1) is 17.0 Å². The molecule has 1 heterocycles. The minimum absolute atomic E-state index is 0.0601. The van der Waals surface area contributed by atoms with Crippen molar-refractivity contribution >= 4 is 44.9 Å². The number of halogens is 2. The van der Waals surface area contributed by atoms with Crippen LogP contribution < -0.4 is 4.72 Å². The van der Waals surface area contributed by atoms with Crippen molar-refractivity contribution in [2.24, 2.45) is 17.8 Å². The number of esters is 1. The van der Waals surface area contributed by atoms with Crippen molar-refractivity contribution in [3.05, 3.63) is 82.1 Å². The summed E-state index contributed by atoms with van der Waals surface area (Å²) in [5, 5.41) is 11.7. The largest absolute Gasteiger partial charge is 0.430 e. The molecule has 4 atom stereocenters. The number of rotatable bonds is 6. The molecule has 1 aliphatic heterocycles. The van der Waals surface area contributed by atoms with Crippen LogP contribution in [0.2, 0.25) is 10.0 Å². The highest BCUT2D eigenvalue weighted by Crippen LogP contribution is 2.51. The van der Waals surface area contributed by atoms with E-state index in [4.69, 9.17) is 27.9 Å². The van der Waals surface area contributed by atoms with Gasteiger partial charge in [-0.15, -0.1) is 0 Å². The Morgan fingerprint density at radius 1 is 1.08 bits per heavy atom. The number of ether oxygens (including phenoxy) is 1. The normalized spacial score (nSPS) is 25.1. The van der Waals surface area contributed by atoms with Gasteiger partial charge in [-0.05, 0) is 80.0 Å². The van der Waals surface area contributed by atoms with Gasteiger partial charge < -0.3 is 9.84 Å². The Labute approximate surface area is 221 Å². The fourth-order valence-electron chi connectivity index (χ4n) is 5.29. The van der Waals surface area contributed by atoms with Crippen molar-refractivity contribution in [3.63, 3.8) is 0 Å². The van der Waals surface area contributed by atoms with Crippen molar-refractivity contribution in [2.45, 2.75) is 49.0 Å². The zero-order valence-electron chi connectivity index (χ0n) is 19.4. The summed E-state index contributed by atoms with van der Waals surface area (Å²) in [6.07, 6.45) is 9.24. The first-order valence-electron chi connectivity index (χ1n) is 12.1. The molecule has 1 saturated heterocycles. The molecule has 2 aromatic rings. The van der Waals surface area contributed by atoms with Crippen molar-refractivity contribution in [3.8, 4) is 0 Å². The Hall–Kier alpha value is -2.32. The zero-order valence-corrected chi connectivity index (χ0v) is 21.8. The third-order valence-electron chi connectivity index (χ3n) is 7.14. The molecular formula is C27H27Cl2NO5S. The van der Waals surface area contributed by atoms with E-state index in [0.717, 1.165) is 37.7 Å². The standard InChI is InChI=1S/C27H27Cl2NO5S/c28-18-12-13-21(29)23(15-18)36(33,34)30-19-7-5-6-17(14-19)24(16-10-11-16)25-26(31)20-8-3-1-2-4-9-22(20)35-27(25)32/h2,4-7,9,12-16,20,24-26,30-31H,1,3,8,10-11H2. The van der Waals surface area contributed by atoms with Gasteiger partial charge in [-0.3, -0.25) is 9.52 Å². The maximum absolute atomic E-state index is 13.2. The second-order valence-corrected chi connectivity index (χ2v) is 12.1. The Bertz CT molecular complexity index is 1340. The number of sulfonamides is 1. The lowest BCUT2D eigenvalue weighted by Crippen LogP contribution is -2.45. The number of nitrogens with one attached hydrogen (secondary N) is 1. The van der Waals surface area contributed by atoms with Crippen LogP contribution in [-0.4, -0.2) is 25.6 Å². The summed E-state index contributed by atoms with van der Waals surface area (Å²) in [4.78, 5) is 13.1. The SMILES string of the molecule is O=C1OC2=CC=CCCCC2C(O)C1C(c1cccc(NS(=O)(=O)c2cc(Cl)ccc2Cl)c1)C1CC1. The molecule has 1 saturated carbocycles. The van der Waals surface area contributed by atoms with Crippen LogP contribution >= 0.6 is 23.2 Å². The Balaban J connectivity index is 1.45. The first-order valence-corrected chi connectivity index (χ1v) is 14.3. The van der Waals surface area contributed by atoms with Crippen LogP contribution in [0.5, 0.6) is 0 Å².